The average Bonchev–Trinajstić information content (AvgIpc) is 2.47. The summed E-state index contributed by atoms with van der Waals surface area (Å²) in [6, 6.07) is 10.2. The molecule has 1 aromatic carbocycles. The molecule has 3 heteroatoms. The van der Waals surface area contributed by atoms with Crippen LogP contribution in [0.5, 0.6) is 5.75 Å². The lowest BCUT2D eigenvalue weighted by Gasteiger charge is -2.33. The fourth-order valence-corrected chi connectivity index (χ4v) is 3.00. The quantitative estimate of drug-likeness (QED) is 0.896. The third-order valence-corrected chi connectivity index (χ3v) is 4.16. The molecular formula is C16H20N2O. The molecule has 1 aromatic heterocycles. The Balaban J connectivity index is 2.10. The van der Waals surface area contributed by atoms with Crippen LogP contribution in [0.3, 0.4) is 0 Å². The maximum Gasteiger partial charge on any atom is 0.145 e. The second-order valence-corrected chi connectivity index (χ2v) is 5.45. The molecule has 1 saturated carbocycles. The lowest BCUT2D eigenvalue weighted by Crippen LogP contribution is -2.39. The third-order valence-electron chi connectivity index (χ3n) is 4.16. The predicted molar refractivity (Wildman–Crippen MR) is 77.2 cm³/mol. The first kappa shape index (κ1) is 12.4. The lowest BCUT2D eigenvalue weighted by molar-refractivity contribution is 0.295. The molecule has 0 saturated heterocycles. The van der Waals surface area contributed by atoms with Crippen molar-refractivity contribution in [3.05, 3.63) is 36.0 Å². The van der Waals surface area contributed by atoms with Gasteiger partial charge in [-0.15, -0.1) is 0 Å². The third kappa shape index (κ3) is 2.19. The molecule has 2 N–H and O–H groups in total. The van der Waals surface area contributed by atoms with Crippen LogP contribution in [0, 0.1) is 0 Å². The number of methoxy groups -OCH3 is 1. The summed E-state index contributed by atoms with van der Waals surface area (Å²) in [6.07, 6.45) is 5.74. The minimum absolute atomic E-state index is 0.257. The van der Waals surface area contributed by atoms with E-state index in [4.69, 9.17) is 15.5 Å². The Morgan fingerprint density at radius 3 is 2.63 bits per heavy atom. The number of ether oxygens (including phenoxy) is 1. The van der Waals surface area contributed by atoms with Gasteiger partial charge in [-0.3, -0.25) is 0 Å². The smallest absolute Gasteiger partial charge is 0.145 e. The molecule has 0 spiro atoms. The SMILES string of the molecule is COc1cccc2ccc(C3(N)CCCCC3)nc12. The Bertz CT molecular complexity index is 588. The van der Waals surface area contributed by atoms with Crippen molar-refractivity contribution in [1.82, 2.24) is 4.98 Å². The molecule has 0 radical (unpaired) electrons. The van der Waals surface area contributed by atoms with E-state index in [1.54, 1.807) is 7.11 Å². The van der Waals surface area contributed by atoms with Gasteiger partial charge in [-0.25, -0.2) is 4.98 Å². The Labute approximate surface area is 113 Å². The molecule has 1 aliphatic rings. The summed E-state index contributed by atoms with van der Waals surface area (Å²) < 4.78 is 5.40. The Morgan fingerprint density at radius 2 is 1.89 bits per heavy atom. The number of hydrogen-bond donors (Lipinski definition) is 1. The number of nitrogens with zero attached hydrogens (tertiary/aromatic N) is 1. The molecule has 1 heterocycles. The number of rotatable bonds is 2. The van der Waals surface area contributed by atoms with E-state index in [1.165, 1.54) is 19.3 Å². The van der Waals surface area contributed by atoms with Gasteiger partial charge >= 0.3 is 0 Å². The molecule has 1 fully saturated rings. The molecule has 19 heavy (non-hydrogen) atoms. The van der Waals surface area contributed by atoms with Crippen LogP contribution in [-0.2, 0) is 5.54 Å². The number of aromatic nitrogens is 1. The van der Waals surface area contributed by atoms with Gasteiger partial charge in [-0.1, -0.05) is 37.5 Å². The normalized spacial score (nSPS) is 18.4. The minimum Gasteiger partial charge on any atom is -0.494 e. The second kappa shape index (κ2) is 4.82. The second-order valence-electron chi connectivity index (χ2n) is 5.45. The van der Waals surface area contributed by atoms with Gasteiger partial charge in [-0.05, 0) is 25.0 Å². The van der Waals surface area contributed by atoms with Gasteiger partial charge in [0.05, 0.1) is 18.3 Å². The Morgan fingerprint density at radius 1 is 1.11 bits per heavy atom. The summed E-state index contributed by atoms with van der Waals surface area (Å²) in [5, 5.41) is 1.10. The Hall–Kier alpha value is -1.61. The number of para-hydroxylation sites is 1. The maximum atomic E-state index is 6.56. The molecule has 2 aromatic rings. The summed E-state index contributed by atoms with van der Waals surface area (Å²) in [5.74, 6) is 0.818. The molecular weight excluding hydrogens is 236 g/mol. The van der Waals surface area contributed by atoms with Crippen LogP contribution in [-0.4, -0.2) is 12.1 Å². The zero-order chi connectivity index (χ0) is 13.3. The van der Waals surface area contributed by atoms with E-state index in [-0.39, 0.29) is 5.54 Å². The van der Waals surface area contributed by atoms with E-state index in [1.807, 2.05) is 12.1 Å². The number of hydrogen-bond acceptors (Lipinski definition) is 3. The fourth-order valence-electron chi connectivity index (χ4n) is 3.00. The first-order valence-corrected chi connectivity index (χ1v) is 6.96. The molecule has 3 rings (SSSR count). The first-order valence-electron chi connectivity index (χ1n) is 6.96. The van der Waals surface area contributed by atoms with Gasteiger partial charge in [0, 0.05) is 5.39 Å². The highest BCUT2D eigenvalue weighted by Gasteiger charge is 2.30. The van der Waals surface area contributed by atoms with E-state index in [2.05, 4.69) is 18.2 Å². The van der Waals surface area contributed by atoms with Crippen molar-refractivity contribution in [2.75, 3.05) is 7.11 Å². The maximum absolute atomic E-state index is 6.56. The monoisotopic (exact) mass is 256 g/mol. The van der Waals surface area contributed by atoms with E-state index < -0.39 is 0 Å². The van der Waals surface area contributed by atoms with Crippen LogP contribution in [0.4, 0.5) is 0 Å². The zero-order valence-corrected chi connectivity index (χ0v) is 11.4. The van der Waals surface area contributed by atoms with Crippen LogP contribution in [0.25, 0.3) is 10.9 Å². The highest BCUT2D eigenvalue weighted by atomic mass is 16.5. The standard InChI is InChI=1S/C16H20N2O/c1-19-13-7-5-6-12-8-9-14(18-15(12)13)16(17)10-3-2-4-11-16/h5-9H,2-4,10-11,17H2,1H3. The van der Waals surface area contributed by atoms with Crippen molar-refractivity contribution in [3.8, 4) is 5.75 Å². The fraction of sp³-hybridized carbons (Fsp3) is 0.438. The van der Waals surface area contributed by atoms with Gasteiger partial charge < -0.3 is 10.5 Å². The van der Waals surface area contributed by atoms with Gasteiger partial charge in [0.2, 0.25) is 0 Å². The summed E-state index contributed by atoms with van der Waals surface area (Å²) in [5.41, 5.74) is 8.22. The number of pyridine rings is 1. The largest absolute Gasteiger partial charge is 0.494 e. The number of fused-ring (bicyclic) bond motifs is 1. The van der Waals surface area contributed by atoms with Crippen LogP contribution in [0.2, 0.25) is 0 Å². The molecule has 0 amide bonds. The molecule has 0 aliphatic heterocycles. The van der Waals surface area contributed by atoms with Gasteiger partial charge in [-0.2, -0.15) is 0 Å². The average molecular weight is 256 g/mol. The molecule has 100 valence electrons. The van der Waals surface area contributed by atoms with Crippen LogP contribution >= 0.6 is 0 Å². The van der Waals surface area contributed by atoms with Crippen molar-refractivity contribution in [2.24, 2.45) is 5.73 Å². The van der Waals surface area contributed by atoms with Gasteiger partial charge in [0.15, 0.2) is 0 Å². The van der Waals surface area contributed by atoms with Gasteiger partial charge in [0.1, 0.15) is 11.3 Å². The molecule has 3 nitrogen and oxygen atoms in total. The summed E-state index contributed by atoms with van der Waals surface area (Å²) >= 11 is 0. The van der Waals surface area contributed by atoms with E-state index >= 15 is 0 Å². The van der Waals surface area contributed by atoms with Crippen molar-refractivity contribution in [1.29, 1.82) is 0 Å². The van der Waals surface area contributed by atoms with Gasteiger partial charge in [0.25, 0.3) is 0 Å². The highest BCUT2D eigenvalue weighted by molar-refractivity contribution is 5.84. The van der Waals surface area contributed by atoms with Crippen LogP contribution < -0.4 is 10.5 Å². The van der Waals surface area contributed by atoms with E-state index in [9.17, 15) is 0 Å². The van der Waals surface area contributed by atoms with Crippen molar-refractivity contribution in [2.45, 2.75) is 37.6 Å². The van der Waals surface area contributed by atoms with Crippen LogP contribution in [0.1, 0.15) is 37.8 Å². The number of nitrogens with two attached hydrogens (primary N) is 1. The molecule has 0 atom stereocenters. The summed E-state index contributed by atoms with van der Waals surface area (Å²) in [4.78, 5) is 4.79. The number of benzene rings is 1. The molecule has 0 bridgehead atoms. The minimum atomic E-state index is -0.257. The topological polar surface area (TPSA) is 48.1 Å². The molecule has 0 unspecified atom stereocenters. The Kier molecular flexibility index (Phi) is 3.15. The summed E-state index contributed by atoms with van der Waals surface area (Å²) in [6.45, 7) is 0. The van der Waals surface area contributed by atoms with E-state index in [0.29, 0.717) is 0 Å². The lowest BCUT2D eigenvalue weighted by atomic mass is 9.80. The van der Waals surface area contributed by atoms with Crippen LogP contribution in [0.15, 0.2) is 30.3 Å². The summed E-state index contributed by atoms with van der Waals surface area (Å²) in [7, 11) is 1.68. The predicted octanol–water partition coefficient (Wildman–Crippen LogP) is 3.36. The van der Waals surface area contributed by atoms with Crippen molar-refractivity contribution in [3.63, 3.8) is 0 Å². The zero-order valence-electron chi connectivity index (χ0n) is 11.4. The van der Waals surface area contributed by atoms with E-state index in [0.717, 1.165) is 35.2 Å². The van der Waals surface area contributed by atoms with Crippen molar-refractivity contribution < 1.29 is 4.74 Å². The highest BCUT2D eigenvalue weighted by Crippen LogP contribution is 2.35. The first-order chi connectivity index (χ1) is 9.23. The molecule has 1 aliphatic carbocycles. The van der Waals surface area contributed by atoms with Crippen molar-refractivity contribution >= 4 is 10.9 Å².